The number of rotatable bonds is 0. The fraction of sp³-hybridized carbons (Fsp3) is 0. The molecule has 0 aliphatic carbocycles. The molecule has 0 heterocycles. The third kappa shape index (κ3) is 274. The largest absolute Gasteiger partial charge is 0.352 e. The van der Waals surface area contributed by atoms with Crippen molar-refractivity contribution in [2.45, 2.75) is 0 Å². The summed E-state index contributed by atoms with van der Waals surface area (Å²) in [6.07, 6.45) is 0. The summed E-state index contributed by atoms with van der Waals surface area (Å²) in [5.41, 5.74) is 8.50. The molecular formula is CH4N2OSe. The molecule has 0 spiro atoms. The van der Waals surface area contributed by atoms with Gasteiger partial charge in [-0.2, -0.15) is 0 Å². The van der Waals surface area contributed by atoms with E-state index in [1.165, 1.54) is 0 Å². The topological polar surface area (TPSA) is 69.1 Å². The average Bonchev–Trinajstić information content (AvgIpc) is 0.811. The number of carbonyl (C=O) groups excluding carboxylic acids is 1. The molecule has 3 nitrogen and oxygen atoms in total. The summed E-state index contributed by atoms with van der Waals surface area (Å²) in [6, 6.07) is -0.833. The van der Waals surface area contributed by atoms with E-state index >= 15 is 0 Å². The monoisotopic (exact) mass is 140 g/mol. The molecule has 5 heavy (non-hydrogen) atoms. The summed E-state index contributed by atoms with van der Waals surface area (Å²) in [4.78, 5) is 9.00. The van der Waals surface area contributed by atoms with Crippen LogP contribution >= 0.6 is 0 Å². The second-order valence-electron chi connectivity index (χ2n) is 0.402. The number of primary amides is 2. The summed E-state index contributed by atoms with van der Waals surface area (Å²) in [6.45, 7) is 0. The summed E-state index contributed by atoms with van der Waals surface area (Å²) in [5, 5.41) is 0. The average molecular weight is 139 g/mol. The summed E-state index contributed by atoms with van der Waals surface area (Å²) in [7, 11) is 0. The summed E-state index contributed by atoms with van der Waals surface area (Å²) < 4.78 is 0. The predicted molar refractivity (Wildman–Crippen MR) is 19.5 cm³/mol. The third-order valence-corrected chi connectivity index (χ3v) is 0. The van der Waals surface area contributed by atoms with Crippen molar-refractivity contribution >= 4 is 23.1 Å². The maximum atomic E-state index is 9.00. The van der Waals surface area contributed by atoms with Gasteiger partial charge in [-0.3, -0.25) is 0 Å². The molecule has 2 radical (unpaired) electrons. The Hall–Kier alpha value is -0.211. The first-order chi connectivity index (χ1) is 1.73. The van der Waals surface area contributed by atoms with Gasteiger partial charge >= 0.3 is 6.03 Å². The van der Waals surface area contributed by atoms with Gasteiger partial charge in [-0.1, -0.05) is 0 Å². The van der Waals surface area contributed by atoms with E-state index in [4.69, 9.17) is 4.79 Å². The molecule has 0 fully saturated rings. The number of hydrogen-bond donors (Lipinski definition) is 2. The van der Waals surface area contributed by atoms with Gasteiger partial charge < -0.3 is 11.5 Å². The normalized spacial score (nSPS) is 4.80. The van der Waals surface area contributed by atoms with E-state index in [2.05, 4.69) is 11.5 Å². The molecule has 0 aliphatic heterocycles. The zero-order chi connectivity index (χ0) is 3.58. The van der Waals surface area contributed by atoms with Crippen LogP contribution in [0.25, 0.3) is 0 Å². The van der Waals surface area contributed by atoms with Crippen molar-refractivity contribution < 1.29 is 4.79 Å². The van der Waals surface area contributed by atoms with Crippen molar-refractivity contribution in [3.63, 3.8) is 0 Å². The Morgan fingerprint density at radius 1 is 1.40 bits per heavy atom. The quantitative estimate of drug-likeness (QED) is 0.400. The van der Waals surface area contributed by atoms with Crippen LogP contribution in [0.5, 0.6) is 0 Å². The molecule has 0 aliphatic rings. The van der Waals surface area contributed by atoms with Crippen molar-refractivity contribution in [3.8, 4) is 0 Å². The van der Waals surface area contributed by atoms with E-state index in [0.29, 0.717) is 0 Å². The molecule has 0 aromatic heterocycles. The van der Waals surface area contributed by atoms with E-state index in [9.17, 15) is 0 Å². The van der Waals surface area contributed by atoms with E-state index < -0.39 is 6.03 Å². The molecule has 30 valence electrons. The Kier molecular flexibility index (Phi) is 6.70. The molecule has 0 atom stereocenters. The molecule has 0 saturated heterocycles. The van der Waals surface area contributed by atoms with Gasteiger partial charge in [-0.25, -0.2) is 4.79 Å². The van der Waals surface area contributed by atoms with Gasteiger partial charge in [-0.05, 0) is 0 Å². The van der Waals surface area contributed by atoms with E-state index in [1.807, 2.05) is 0 Å². The first kappa shape index (κ1) is 8.84. The molecule has 0 saturated carbocycles. The van der Waals surface area contributed by atoms with Crippen LogP contribution < -0.4 is 11.5 Å². The maximum Gasteiger partial charge on any atom is 0.309 e. The number of amides is 2. The minimum Gasteiger partial charge on any atom is -0.352 e. The molecule has 4 N–H and O–H groups in total. The van der Waals surface area contributed by atoms with Crippen LogP contribution in [-0.4, -0.2) is 23.1 Å². The molecule has 0 unspecified atom stereocenters. The van der Waals surface area contributed by atoms with Gasteiger partial charge in [0.25, 0.3) is 0 Å². The van der Waals surface area contributed by atoms with Crippen LogP contribution in [0.15, 0.2) is 0 Å². The van der Waals surface area contributed by atoms with Gasteiger partial charge in [0.15, 0.2) is 0 Å². The predicted octanol–water partition coefficient (Wildman–Crippen LogP) is -1.36. The Bertz CT molecular complexity index is 32.6. The first-order valence-corrected chi connectivity index (χ1v) is 0.781. The number of carbonyl (C=O) groups is 1. The fourth-order valence-corrected chi connectivity index (χ4v) is 0. The zero-order valence-electron chi connectivity index (χ0n) is 2.47. The van der Waals surface area contributed by atoms with Crippen molar-refractivity contribution in [1.29, 1.82) is 0 Å². The number of nitrogens with two attached hydrogens (primary N) is 2. The van der Waals surface area contributed by atoms with Gasteiger partial charge in [0.1, 0.15) is 0 Å². The molecule has 4 heteroatoms. The zero-order valence-corrected chi connectivity index (χ0v) is 4.18. The van der Waals surface area contributed by atoms with Gasteiger partial charge in [0.05, 0.1) is 0 Å². The SMILES string of the molecule is NC(N)=O.[Se]. The van der Waals surface area contributed by atoms with Gasteiger partial charge in [-0.15, -0.1) is 0 Å². The second-order valence-corrected chi connectivity index (χ2v) is 0.402. The van der Waals surface area contributed by atoms with E-state index in [-0.39, 0.29) is 17.1 Å². The van der Waals surface area contributed by atoms with Crippen molar-refractivity contribution in [2.24, 2.45) is 11.5 Å². The Balaban J connectivity index is 0. The fourth-order valence-electron chi connectivity index (χ4n) is 0. The Morgan fingerprint density at radius 3 is 1.40 bits per heavy atom. The molecular weight excluding hydrogens is 135 g/mol. The standard InChI is InChI=1S/CH4N2O.Se/c2-1(3)4;/h(H4,2,3,4);. The minimum absolute atomic E-state index is 0. The Morgan fingerprint density at radius 2 is 1.40 bits per heavy atom. The van der Waals surface area contributed by atoms with Crippen molar-refractivity contribution in [3.05, 3.63) is 0 Å². The summed E-state index contributed by atoms with van der Waals surface area (Å²) >= 11 is 0. The van der Waals surface area contributed by atoms with Gasteiger partial charge in [0.2, 0.25) is 0 Å². The first-order valence-electron chi connectivity index (χ1n) is 0.781. The Labute approximate surface area is 40.2 Å². The summed E-state index contributed by atoms with van der Waals surface area (Å²) in [5.74, 6) is 0. The van der Waals surface area contributed by atoms with E-state index in [1.54, 1.807) is 0 Å². The molecule has 0 bridgehead atoms. The van der Waals surface area contributed by atoms with Crippen LogP contribution in [0.4, 0.5) is 4.79 Å². The van der Waals surface area contributed by atoms with Crippen LogP contribution in [0.3, 0.4) is 0 Å². The van der Waals surface area contributed by atoms with Crippen molar-refractivity contribution in [2.75, 3.05) is 0 Å². The maximum absolute atomic E-state index is 9.00. The minimum atomic E-state index is -0.833. The van der Waals surface area contributed by atoms with Gasteiger partial charge in [0, 0.05) is 17.1 Å². The van der Waals surface area contributed by atoms with Crippen LogP contribution in [0.2, 0.25) is 0 Å². The molecule has 0 aromatic carbocycles. The smallest absolute Gasteiger partial charge is 0.309 e. The van der Waals surface area contributed by atoms with E-state index in [0.717, 1.165) is 0 Å². The number of urea groups is 1. The van der Waals surface area contributed by atoms with Crippen LogP contribution in [-0.2, 0) is 0 Å². The van der Waals surface area contributed by atoms with Crippen LogP contribution in [0.1, 0.15) is 0 Å². The molecule has 0 rings (SSSR count). The van der Waals surface area contributed by atoms with Crippen molar-refractivity contribution in [1.82, 2.24) is 0 Å². The molecule has 2 amide bonds. The second kappa shape index (κ2) is 3.79. The third-order valence-electron chi connectivity index (χ3n) is 0. The number of hydrogen-bond acceptors (Lipinski definition) is 1. The molecule has 0 aromatic rings. The van der Waals surface area contributed by atoms with Crippen LogP contribution in [0, 0.1) is 0 Å².